The molecule has 2 N–H and O–H groups in total. The molecule has 0 aromatic heterocycles. The SMILES string of the molecule is N#CCCN(C(=O)c1ccc(N)c(C(F)(F)F)c1)C1CC1. The number of nitriles is 1. The number of carbonyl (C=O) groups is 1. The van der Waals surface area contributed by atoms with E-state index in [1.165, 1.54) is 11.0 Å². The summed E-state index contributed by atoms with van der Waals surface area (Å²) in [7, 11) is 0. The van der Waals surface area contributed by atoms with Gasteiger partial charge in [0, 0.05) is 23.8 Å². The maximum absolute atomic E-state index is 12.8. The Labute approximate surface area is 119 Å². The Morgan fingerprint density at radius 2 is 2.10 bits per heavy atom. The van der Waals surface area contributed by atoms with E-state index in [2.05, 4.69) is 0 Å². The summed E-state index contributed by atoms with van der Waals surface area (Å²) in [5.74, 6) is -0.488. The molecule has 1 aromatic rings. The number of benzene rings is 1. The second-order valence-corrected chi connectivity index (χ2v) is 4.94. The van der Waals surface area contributed by atoms with E-state index < -0.39 is 23.3 Å². The Hall–Kier alpha value is -2.23. The average Bonchev–Trinajstić information content (AvgIpc) is 3.22. The van der Waals surface area contributed by atoms with Crippen LogP contribution >= 0.6 is 0 Å². The van der Waals surface area contributed by atoms with Crippen molar-refractivity contribution in [2.45, 2.75) is 31.5 Å². The van der Waals surface area contributed by atoms with Crippen LogP contribution in [0.25, 0.3) is 0 Å². The summed E-state index contributed by atoms with van der Waals surface area (Å²) in [5.41, 5.74) is 3.84. The lowest BCUT2D eigenvalue weighted by atomic mass is 10.1. The highest BCUT2D eigenvalue weighted by Crippen LogP contribution is 2.35. The second-order valence-electron chi connectivity index (χ2n) is 4.94. The monoisotopic (exact) mass is 297 g/mol. The van der Waals surface area contributed by atoms with Crippen molar-refractivity contribution in [3.05, 3.63) is 29.3 Å². The molecule has 1 aliphatic rings. The van der Waals surface area contributed by atoms with Crippen LogP contribution in [-0.2, 0) is 6.18 Å². The molecule has 2 rings (SSSR count). The van der Waals surface area contributed by atoms with Crippen molar-refractivity contribution < 1.29 is 18.0 Å². The summed E-state index contributed by atoms with van der Waals surface area (Å²) in [6.45, 7) is 0.228. The number of nitrogens with two attached hydrogens (primary N) is 1. The van der Waals surface area contributed by atoms with Crippen LogP contribution in [0.1, 0.15) is 35.2 Å². The molecule has 0 unspecified atom stereocenters. The van der Waals surface area contributed by atoms with Gasteiger partial charge in [0.05, 0.1) is 18.1 Å². The summed E-state index contributed by atoms with van der Waals surface area (Å²) >= 11 is 0. The van der Waals surface area contributed by atoms with Crippen LogP contribution < -0.4 is 5.73 Å². The van der Waals surface area contributed by atoms with Crippen molar-refractivity contribution in [2.24, 2.45) is 0 Å². The fourth-order valence-electron chi connectivity index (χ4n) is 2.11. The van der Waals surface area contributed by atoms with Crippen molar-refractivity contribution in [1.29, 1.82) is 5.26 Å². The molecule has 0 atom stereocenters. The van der Waals surface area contributed by atoms with Gasteiger partial charge in [0.2, 0.25) is 0 Å². The third kappa shape index (κ3) is 3.45. The summed E-state index contributed by atoms with van der Waals surface area (Å²) < 4.78 is 38.5. The maximum atomic E-state index is 12.8. The number of anilines is 1. The minimum Gasteiger partial charge on any atom is -0.398 e. The van der Waals surface area contributed by atoms with Gasteiger partial charge in [-0.2, -0.15) is 18.4 Å². The van der Waals surface area contributed by atoms with E-state index in [0.29, 0.717) is 0 Å². The zero-order chi connectivity index (χ0) is 15.6. The van der Waals surface area contributed by atoms with Crippen molar-refractivity contribution in [3.63, 3.8) is 0 Å². The molecule has 1 aromatic carbocycles. The Kier molecular flexibility index (Phi) is 4.07. The van der Waals surface area contributed by atoms with Crippen LogP contribution in [0.2, 0.25) is 0 Å². The topological polar surface area (TPSA) is 70.1 Å². The van der Waals surface area contributed by atoms with E-state index in [0.717, 1.165) is 25.0 Å². The van der Waals surface area contributed by atoms with E-state index in [4.69, 9.17) is 11.0 Å². The number of carbonyl (C=O) groups excluding carboxylic acids is 1. The fraction of sp³-hybridized carbons (Fsp3) is 0.429. The van der Waals surface area contributed by atoms with Gasteiger partial charge in [-0.1, -0.05) is 0 Å². The van der Waals surface area contributed by atoms with Crippen molar-refractivity contribution in [3.8, 4) is 6.07 Å². The quantitative estimate of drug-likeness (QED) is 0.869. The van der Waals surface area contributed by atoms with Gasteiger partial charge in [0.1, 0.15) is 0 Å². The Morgan fingerprint density at radius 3 is 2.62 bits per heavy atom. The smallest absolute Gasteiger partial charge is 0.398 e. The fourth-order valence-corrected chi connectivity index (χ4v) is 2.11. The summed E-state index contributed by atoms with van der Waals surface area (Å²) in [5, 5.41) is 8.60. The van der Waals surface area contributed by atoms with Crippen LogP contribution in [0.4, 0.5) is 18.9 Å². The van der Waals surface area contributed by atoms with Crippen LogP contribution in [0, 0.1) is 11.3 Å². The van der Waals surface area contributed by atoms with Crippen LogP contribution in [0.3, 0.4) is 0 Å². The van der Waals surface area contributed by atoms with Crippen molar-refractivity contribution >= 4 is 11.6 Å². The molecule has 0 bridgehead atoms. The number of amides is 1. The first kappa shape index (κ1) is 15.2. The minimum absolute atomic E-state index is 0.0257. The van der Waals surface area contributed by atoms with Gasteiger partial charge in [-0.3, -0.25) is 4.79 Å². The Morgan fingerprint density at radius 1 is 1.43 bits per heavy atom. The van der Waals surface area contributed by atoms with Gasteiger partial charge in [-0.05, 0) is 31.0 Å². The van der Waals surface area contributed by atoms with Crippen LogP contribution in [-0.4, -0.2) is 23.4 Å². The van der Waals surface area contributed by atoms with Crippen LogP contribution in [0.15, 0.2) is 18.2 Å². The van der Waals surface area contributed by atoms with E-state index in [1.54, 1.807) is 0 Å². The van der Waals surface area contributed by atoms with E-state index in [9.17, 15) is 18.0 Å². The molecule has 21 heavy (non-hydrogen) atoms. The van der Waals surface area contributed by atoms with Gasteiger partial charge < -0.3 is 10.6 Å². The first-order valence-electron chi connectivity index (χ1n) is 6.49. The predicted octanol–water partition coefficient (Wildman–Crippen LogP) is 2.81. The Balaban J connectivity index is 2.28. The number of alkyl halides is 3. The van der Waals surface area contributed by atoms with E-state index in [1.807, 2.05) is 6.07 Å². The molecule has 1 fully saturated rings. The third-order valence-electron chi connectivity index (χ3n) is 3.32. The first-order valence-corrected chi connectivity index (χ1v) is 6.49. The molecular formula is C14H14F3N3O. The molecule has 1 amide bonds. The minimum atomic E-state index is -4.60. The maximum Gasteiger partial charge on any atom is 0.418 e. The zero-order valence-electron chi connectivity index (χ0n) is 11.2. The van der Waals surface area contributed by atoms with E-state index >= 15 is 0 Å². The molecule has 112 valence electrons. The standard InChI is InChI=1S/C14H14F3N3O/c15-14(16,17)11-8-9(2-5-12(11)19)13(21)20(7-1-6-18)10-3-4-10/h2,5,8,10H,1,3-4,7,19H2. The number of nitrogen functional groups attached to an aromatic ring is 1. The number of halogens is 3. The van der Waals surface area contributed by atoms with Gasteiger partial charge in [-0.15, -0.1) is 0 Å². The molecule has 7 heteroatoms. The van der Waals surface area contributed by atoms with Gasteiger partial charge in [-0.25, -0.2) is 0 Å². The first-order chi connectivity index (χ1) is 9.84. The average molecular weight is 297 g/mol. The molecule has 0 aliphatic heterocycles. The van der Waals surface area contributed by atoms with E-state index in [-0.39, 0.29) is 24.6 Å². The van der Waals surface area contributed by atoms with Gasteiger partial charge >= 0.3 is 6.18 Å². The molecule has 4 nitrogen and oxygen atoms in total. The molecule has 0 heterocycles. The highest BCUT2D eigenvalue weighted by Gasteiger charge is 2.36. The van der Waals surface area contributed by atoms with Crippen LogP contribution in [0.5, 0.6) is 0 Å². The summed E-state index contributed by atoms with van der Waals surface area (Å²) in [6, 6.07) is 5.12. The van der Waals surface area contributed by atoms with Crippen molar-refractivity contribution in [2.75, 3.05) is 12.3 Å². The number of hydrogen-bond acceptors (Lipinski definition) is 3. The second kappa shape index (κ2) is 5.64. The van der Waals surface area contributed by atoms with Crippen molar-refractivity contribution in [1.82, 2.24) is 4.90 Å². The number of nitrogens with zero attached hydrogens (tertiary/aromatic N) is 2. The zero-order valence-corrected chi connectivity index (χ0v) is 11.2. The summed E-state index contributed by atoms with van der Waals surface area (Å²) in [4.78, 5) is 13.8. The van der Waals surface area contributed by atoms with Gasteiger partial charge in [0.15, 0.2) is 0 Å². The highest BCUT2D eigenvalue weighted by atomic mass is 19.4. The molecule has 1 saturated carbocycles. The molecule has 0 saturated heterocycles. The normalized spacial score (nSPS) is 14.6. The predicted molar refractivity (Wildman–Crippen MR) is 70.1 cm³/mol. The lowest BCUT2D eigenvalue weighted by molar-refractivity contribution is -0.136. The molecule has 1 aliphatic carbocycles. The summed E-state index contributed by atoms with van der Waals surface area (Å²) in [6.07, 6.45) is -2.81. The van der Waals surface area contributed by atoms with Gasteiger partial charge in [0.25, 0.3) is 5.91 Å². The molecular weight excluding hydrogens is 283 g/mol. The lowest BCUT2D eigenvalue weighted by Gasteiger charge is -2.22. The largest absolute Gasteiger partial charge is 0.418 e. The number of hydrogen-bond donors (Lipinski definition) is 1. The highest BCUT2D eigenvalue weighted by molar-refractivity contribution is 5.95. The lowest BCUT2D eigenvalue weighted by Crippen LogP contribution is -2.34. The Bertz CT molecular complexity index is 588. The molecule has 0 radical (unpaired) electrons. The number of rotatable bonds is 4. The third-order valence-corrected chi connectivity index (χ3v) is 3.32. The molecule has 0 spiro atoms.